The van der Waals surface area contributed by atoms with Crippen LogP contribution < -0.4 is 5.32 Å². The van der Waals surface area contributed by atoms with Crippen LogP contribution in [0.15, 0.2) is 48.5 Å². The Morgan fingerprint density at radius 1 is 1.21 bits per heavy atom. The number of carbonyl (C=O) groups excluding carboxylic acids is 1. The molecule has 1 fully saturated rings. The molecule has 0 radical (unpaired) electrons. The van der Waals surface area contributed by atoms with Gasteiger partial charge in [0.2, 0.25) is 5.91 Å². The zero-order valence-electron chi connectivity index (χ0n) is 20.2. The lowest BCUT2D eigenvalue weighted by atomic mass is 9.77. The average molecular weight is 460 g/mol. The third kappa shape index (κ3) is 5.93. The summed E-state index contributed by atoms with van der Waals surface area (Å²) < 4.78 is 13.7. The van der Waals surface area contributed by atoms with Crippen molar-refractivity contribution in [1.82, 2.24) is 10.2 Å². The third-order valence-electron chi connectivity index (χ3n) is 7.35. The Kier molecular flexibility index (Phi) is 7.48. The van der Waals surface area contributed by atoms with E-state index < -0.39 is 0 Å². The van der Waals surface area contributed by atoms with Gasteiger partial charge in [0.15, 0.2) is 0 Å². The molecule has 2 aromatic carbocycles. The number of benzene rings is 2. The van der Waals surface area contributed by atoms with E-state index in [1.807, 2.05) is 6.07 Å². The number of amides is 1. The molecule has 1 aliphatic heterocycles. The first-order valence-corrected chi connectivity index (χ1v) is 12.3. The summed E-state index contributed by atoms with van der Waals surface area (Å²) >= 11 is 0. The maximum absolute atomic E-state index is 13.7. The summed E-state index contributed by atoms with van der Waals surface area (Å²) in [5.41, 5.74) is 3.86. The van der Waals surface area contributed by atoms with Crippen molar-refractivity contribution in [3.8, 4) is 6.07 Å². The van der Waals surface area contributed by atoms with Crippen LogP contribution in [0.1, 0.15) is 68.2 Å². The highest BCUT2D eigenvalue weighted by Crippen LogP contribution is 2.35. The number of hydrogen-bond acceptors (Lipinski definition) is 3. The lowest BCUT2D eigenvalue weighted by Crippen LogP contribution is -2.43. The van der Waals surface area contributed by atoms with E-state index >= 15 is 0 Å². The number of halogens is 1. The molecular weight excluding hydrogens is 425 g/mol. The molecule has 2 aliphatic rings. The van der Waals surface area contributed by atoms with E-state index in [1.54, 1.807) is 18.2 Å². The number of rotatable bonds is 6. The monoisotopic (exact) mass is 459 g/mol. The van der Waals surface area contributed by atoms with Crippen LogP contribution in [0.5, 0.6) is 0 Å². The molecule has 1 amide bonds. The molecule has 0 spiro atoms. The molecule has 2 aromatic rings. The number of nitrogens with one attached hydrogen (secondary N) is 1. The van der Waals surface area contributed by atoms with Crippen molar-refractivity contribution in [2.24, 2.45) is 5.92 Å². The first-order chi connectivity index (χ1) is 16.3. The molecule has 0 aromatic heterocycles. The summed E-state index contributed by atoms with van der Waals surface area (Å²) in [5.74, 6) is 0.215. The summed E-state index contributed by atoms with van der Waals surface area (Å²) in [7, 11) is 0. The first-order valence-electron chi connectivity index (χ1n) is 12.3. The lowest BCUT2D eigenvalue weighted by Gasteiger charge is -2.41. The van der Waals surface area contributed by atoms with Gasteiger partial charge >= 0.3 is 0 Å². The van der Waals surface area contributed by atoms with Crippen LogP contribution in [-0.2, 0) is 16.8 Å². The van der Waals surface area contributed by atoms with E-state index in [9.17, 15) is 14.4 Å². The van der Waals surface area contributed by atoms with Gasteiger partial charge in [-0.1, -0.05) is 38.1 Å². The van der Waals surface area contributed by atoms with Crippen LogP contribution in [0, 0.1) is 23.1 Å². The average Bonchev–Trinajstić information content (AvgIpc) is 2.82. The Morgan fingerprint density at radius 2 is 1.97 bits per heavy atom. The van der Waals surface area contributed by atoms with E-state index in [1.165, 1.54) is 35.8 Å². The maximum Gasteiger partial charge on any atom is 0.244 e. The fraction of sp³-hybridized carbons (Fsp3) is 0.448. The van der Waals surface area contributed by atoms with Gasteiger partial charge in [0.05, 0.1) is 11.6 Å². The van der Waals surface area contributed by atoms with Gasteiger partial charge in [-0.3, -0.25) is 9.69 Å². The summed E-state index contributed by atoms with van der Waals surface area (Å²) in [6.07, 6.45) is 8.39. The fourth-order valence-electron chi connectivity index (χ4n) is 5.50. The molecule has 34 heavy (non-hydrogen) atoms. The smallest absolute Gasteiger partial charge is 0.244 e. The molecular formula is C29H34FN3O. The number of nitriles is 1. The van der Waals surface area contributed by atoms with Crippen LogP contribution >= 0.6 is 0 Å². The van der Waals surface area contributed by atoms with Crippen LogP contribution in [0.4, 0.5) is 4.39 Å². The number of fused-ring (bicyclic) bond motifs is 1. The van der Waals surface area contributed by atoms with Crippen molar-refractivity contribution >= 4 is 12.0 Å². The molecule has 1 saturated carbocycles. The Bertz CT molecular complexity index is 1090. The Labute approximate surface area is 202 Å². The summed E-state index contributed by atoms with van der Waals surface area (Å²) in [4.78, 5) is 14.8. The lowest BCUT2D eigenvalue weighted by molar-refractivity contribution is -0.117. The molecule has 1 N–H and O–H groups in total. The molecule has 0 saturated heterocycles. The Balaban J connectivity index is 1.22. The van der Waals surface area contributed by atoms with Gasteiger partial charge in [-0.25, -0.2) is 4.39 Å². The molecule has 0 unspecified atom stereocenters. The second kappa shape index (κ2) is 10.5. The van der Waals surface area contributed by atoms with E-state index in [0.717, 1.165) is 50.9 Å². The molecule has 178 valence electrons. The van der Waals surface area contributed by atoms with Gasteiger partial charge in [0, 0.05) is 36.2 Å². The van der Waals surface area contributed by atoms with Crippen molar-refractivity contribution in [2.75, 3.05) is 13.1 Å². The Hall–Kier alpha value is -2.97. The Morgan fingerprint density at radius 3 is 2.71 bits per heavy atom. The van der Waals surface area contributed by atoms with Crippen molar-refractivity contribution in [3.63, 3.8) is 0 Å². The van der Waals surface area contributed by atoms with Crippen LogP contribution in [0.2, 0.25) is 0 Å². The highest BCUT2D eigenvalue weighted by Gasteiger charge is 2.32. The van der Waals surface area contributed by atoms with Crippen LogP contribution in [0.25, 0.3) is 6.08 Å². The standard InChI is InChI=1S/C29H34FN3O/c1-29(2)20-33(19-24-10-7-22(18-31)17-26(24)29)16-15-21-8-12-25(13-9-21)32-28(34)14-11-23-5-3-4-6-27(23)30/h3-7,10-11,14,17,21,25H,8-9,12-13,15-16,19-20H2,1-2H3,(H,32,34)/b14-11+. The molecule has 1 heterocycles. The van der Waals surface area contributed by atoms with E-state index in [4.69, 9.17) is 0 Å². The minimum atomic E-state index is -0.320. The van der Waals surface area contributed by atoms with E-state index in [-0.39, 0.29) is 23.2 Å². The largest absolute Gasteiger partial charge is 0.350 e. The summed E-state index contributed by atoms with van der Waals surface area (Å²) in [5, 5.41) is 12.3. The topological polar surface area (TPSA) is 56.1 Å². The van der Waals surface area contributed by atoms with Crippen molar-refractivity contribution in [2.45, 2.75) is 64.0 Å². The van der Waals surface area contributed by atoms with Crippen LogP contribution in [0.3, 0.4) is 0 Å². The predicted molar refractivity (Wildman–Crippen MR) is 133 cm³/mol. The SMILES string of the molecule is CC1(C)CN(CCC2CCC(NC(=O)/C=C/c3ccccc3F)CC2)Cc2ccc(C#N)cc21. The van der Waals surface area contributed by atoms with Gasteiger partial charge < -0.3 is 5.32 Å². The molecule has 5 heteroatoms. The summed E-state index contributed by atoms with van der Waals surface area (Å²) in [6, 6.07) is 15.0. The van der Waals surface area contributed by atoms with E-state index in [2.05, 4.69) is 42.3 Å². The zero-order valence-corrected chi connectivity index (χ0v) is 20.2. The molecule has 0 atom stereocenters. The normalized spacial score (nSPS) is 22.2. The minimum Gasteiger partial charge on any atom is -0.350 e. The fourth-order valence-corrected chi connectivity index (χ4v) is 5.50. The van der Waals surface area contributed by atoms with Gasteiger partial charge in [-0.2, -0.15) is 5.26 Å². The second-order valence-electron chi connectivity index (χ2n) is 10.4. The number of nitrogens with zero attached hydrogens (tertiary/aromatic N) is 2. The van der Waals surface area contributed by atoms with E-state index in [0.29, 0.717) is 11.5 Å². The van der Waals surface area contributed by atoms with Crippen molar-refractivity contribution < 1.29 is 9.18 Å². The second-order valence-corrected chi connectivity index (χ2v) is 10.4. The third-order valence-corrected chi connectivity index (χ3v) is 7.35. The highest BCUT2D eigenvalue weighted by molar-refractivity contribution is 5.91. The number of carbonyl (C=O) groups is 1. The predicted octanol–water partition coefficient (Wildman–Crippen LogP) is 5.57. The van der Waals surface area contributed by atoms with Gasteiger partial charge in [-0.15, -0.1) is 0 Å². The number of hydrogen-bond donors (Lipinski definition) is 1. The molecule has 4 nitrogen and oxygen atoms in total. The molecule has 0 bridgehead atoms. The quantitative estimate of drug-likeness (QED) is 0.575. The first kappa shape index (κ1) is 24.2. The summed E-state index contributed by atoms with van der Waals surface area (Å²) in [6.45, 7) is 7.58. The zero-order chi connectivity index (χ0) is 24.1. The van der Waals surface area contributed by atoms with Gasteiger partial charge in [0.25, 0.3) is 0 Å². The van der Waals surface area contributed by atoms with Crippen LogP contribution in [-0.4, -0.2) is 29.9 Å². The highest BCUT2D eigenvalue weighted by atomic mass is 19.1. The molecule has 4 rings (SSSR count). The maximum atomic E-state index is 13.7. The molecule has 1 aliphatic carbocycles. The minimum absolute atomic E-state index is 0.0402. The van der Waals surface area contributed by atoms with Gasteiger partial charge in [-0.05, 0) is 80.0 Å². The van der Waals surface area contributed by atoms with Crippen molar-refractivity contribution in [3.05, 3.63) is 76.6 Å². The van der Waals surface area contributed by atoms with Gasteiger partial charge in [0.1, 0.15) is 5.82 Å². The van der Waals surface area contributed by atoms with Crippen molar-refractivity contribution in [1.29, 1.82) is 5.26 Å².